The molecule has 1 aromatic rings. The molecule has 0 fully saturated rings. The number of aliphatic hydroxyl groups excluding tert-OH is 1. The molecule has 0 radical (unpaired) electrons. The van der Waals surface area contributed by atoms with Crippen LogP contribution < -0.4 is 0 Å². The highest BCUT2D eigenvalue weighted by atomic mass is 127. The van der Waals surface area contributed by atoms with Gasteiger partial charge in [0.15, 0.2) is 0 Å². The van der Waals surface area contributed by atoms with Gasteiger partial charge in [-0.1, -0.05) is 6.08 Å². The fourth-order valence-corrected chi connectivity index (χ4v) is 3.52. The van der Waals surface area contributed by atoms with Crippen LogP contribution in [0.4, 0.5) is 0 Å². The zero-order valence-corrected chi connectivity index (χ0v) is 10.1. The summed E-state index contributed by atoms with van der Waals surface area (Å²) in [5.74, 6) is 0. The van der Waals surface area contributed by atoms with Crippen LogP contribution in [-0.2, 0) is 0 Å². The van der Waals surface area contributed by atoms with Gasteiger partial charge < -0.3 is 5.11 Å². The highest BCUT2D eigenvalue weighted by Crippen LogP contribution is 2.35. The first-order valence-electron chi connectivity index (χ1n) is 4.39. The highest BCUT2D eigenvalue weighted by Gasteiger charge is 2.19. The molecule has 1 nitrogen and oxygen atoms in total. The number of halogens is 1. The van der Waals surface area contributed by atoms with E-state index in [1.807, 2.05) is 5.38 Å². The Hall–Kier alpha value is 0.130. The van der Waals surface area contributed by atoms with Gasteiger partial charge in [0.1, 0.15) is 6.10 Å². The molecule has 0 spiro atoms. The molecule has 0 aliphatic heterocycles. The summed E-state index contributed by atoms with van der Waals surface area (Å²) < 4.78 is 1.18. The molecule has 0 saturated heterocycles. The van der Waals surface area contributed by atoms with Crippen molar-refractivity contribution in [1.82, 2.24) is 0 Å². The number of hydrogen-bond acceptors (Lipinski definition) is 2. The Morgan fingerprint density at radius 2 is 2.38 bits per heavy atom. The third-order valence-electron chi connectivity index (χ3n) is 2.32. The zero-order valence-electron chi connectivity index (χ0n) is 7.16. The summed E-state index contributed by atoms with van der Waals surface area (Å²) in [6.07, 6.45) is 5.24. The van der Waals surface area contributed by atoms with Crippen LogP contribution in [-0.4, -0.2) is 5.11 Å². The van der Waals surface area contributed by atoms with E-state index in [1.54, 1.807) is 11.3 Å². The molecule has 70 valence electrons. The largest absolute Gasteiger partial charge is 0.383 e. The van der Waals surface area contributed by atoms with Gasteiger partial charge in [0, 0.05) is 3.57 Å². The fourth-order valence-electron chi connectivity index (χ4n) is 1.61. The van der Waals surface area contributed by atoms with Crippen LogP contribution in [0.2, 0.25) is 0 Å². The Morgan fingerprint density at radius 3 is 2.92 bits per heavy atom. The molecule has 0 aromatic carbocycles. The minimum Gasteiger partial charge on any atom is -0.383 e. The van der Waals surface area contributed by atoms with Gasteiger partial charge in [-0.2, -0.15) is 0 Å². The minimum absolute atomic E-state index is 0.339. The Labute approximate surface area is 95.6 Å². The molecule has 1 heterocycles. The predicted octanol–water partition coefficient (Wildman–Crippen LogP) is 3.50. The van der Waals surface area contributed by atoms with Crippen molar-refractivity contribution >= 4 is 33.9 Å². The molecular formula is C10H11IOS. The maximum Gasteiger partial charge on any atom is 0.110 e. The number of rotatable bonds is 2. The number of thiophene rings is 1. The van der Waals surface area contributed by atoms with Gasteiger partial charge in [0.25, 0.3) is 0 Å². The van der Waals surface area contributed by atoms with Crippen molar-refractivity contribution in [3.8, 4) is 0 Å². The van der Waals surface area contributed by atoms with Crippen LogP contribution in [0, 0.1) is 3.57 Å². The van der Waals surface area contributed by atoms with Crippen molar-refractivity contribution in [3.05, 3.63) is 31.5 Å². The van der Waals surface area contributed by atoms with Crippen molar-refractivity contribution < 1.29 is 5.11 Å². The second-order valence-electron chi connectivity index (χ2n) is 3.21. The van der Waals surface area contributed by atoms with Crippen LogP contribution in [0.5, 0.6) is 0 Å². The van der Waals surface area contributed by atoms with E-state index in [0.29, 0.717) is 0 Å². The smallest absolute Gasteiger partial charge is 0.110 e. The molecule has 1 aromatic heterocycles. The average molecular weight is 306 g/mol. The second kappa shape index (κ2) is 4.11. The van der Waals surface area contributed by atoms with Crippen LogP contribution in [0.1, 0.15) is 30.2 Å². The standard InChI is InChI=1S/C10H11IOS/c11-8-5-6-13-10(8)9(12)7-3-1-2-4-7/h3,5-6,9,12H,1-2,4H2. The molecule has 0 saturated carbocycles. The Morgan fingerprint density at radius 1 is 1.54 bits per heavy atom. The average Bonchev–Trinajstić information content (AvgIpc) is 2.72. The highest BCUT2D eigenvalue weighted by molar-refractivity contribution is 14.1. The van der Waals surface area contributed by atoms with Gasteiger partial charge >= 0.3 is 0 Å². The van der Waals surface area contributed by atoms with E-state index in [9.17, 15) is 5.11 Å². The van der Waals surface area contributed by atoms with Crippen molar-refractivity contribution in [2.24, 2.45) is 0 Å². The van der Waals surface area contributed by atoms with Crippen molar-refractivity contribution in [1.29, 1.82) is 0 Å². The monoisotopic (exact) mass is 306 g/mol. The zero-order chi connectivity index (χ0) is 9.26. The second-order valence-corrected chi connectivity index (χ2v) is 5.32. The lowest BCUT2D eigenvalue weighted by atomic mass is 10.1. The first-order valence-corrected chi connectivity index (χ1v) is 6.35. The normalized spacial score (nSPS) is 18.8. The molecule has 2 rings (SSSR count). The lowest BCUT2D eigenvalue weighted by Gasteiger charge is -2.10. The third-order valence-corrected chi connectivity index (χ3v) is 4.60. The SMILES string of the molecule is OC(C1=CCCC1)c1sccc1I. The number of hydrogen-bond donors (Lipinski definition) is 1. The minimum atomic E-state index is -0.339. The molecule has 3 heteroatoms. The van der Waals surface area contributed by atoms with Crippen molar-refractivity contribution in [2.75, 3.05) is 0 Å². The number of allylic oxidation sites excluding steroid dienone is 1. The van der Waals surface area contributed by atoms with E-state index in [2.05, 4.69) is 34.7 Å². The van der Waals surface area contributed by atoms with Gasteiger partial charge in [-0.3, -0.25) is 0 Å². The first-order chi connectivity index (χ1) is 6.29. The van der Waals surface area contributed by atoms with E-state index in [-0.39, 0.29) is 6.10 Å². The van der Waals surface area contributed by atoms with E-state index in [1.165, 1.54) is 15.6 Å². The predicted molar refractivity (Wildman–Crippen MR) is 63.9 cm³/mol. The Kier molecular flexibility index (Phi) is 3.06. The maximum absolute atomic E-state index is 10.0. The summed E-state index contributed by atoms with van der Waals surface area (Å²) in [5, 5.41) is 12.1. The first kappa shape index (κ1) is 9.68. The van der Waals surface area contributed by atoms with Crippen molar-refractivity contribution in [2.45, 2.75) is 25.4 Å². The van der Waals surface area contributed by atoms with E-state index in [0.717, 1.165) is 17.7 Å². The lowest BCUT2D eigenvalue weighted by Crippen LogP contribution is -1.98. The molecule has 1 aliphatic carbocycles. The fraction of sp³-hybridized carbons (Fsp3) is 0.400. The molecule has 13 heavy (non-hydrogen) atoms. The van der Waals surface area contributed by atoms with Crippen molar-refractivity contribution in [3.63, 3.8) is 0 Å². The quantitative estimate of drug-likeness (QED) is 0.655. The van der Waals surface area contributed by atoms with Crippen LogP contribution in [0.15, 0.2) is 23.1 Å². The summed E-state index contributed by atoms with van der Waals surface area (Å²) in [7, 11) is 0. The van der Waals surface area contributed by atoms with Gasteiger partial charge in [0.05, 0.1) is 4.88 Å². The molecule has 1 atom stereocenters. The summed E-state index contributed by atoms with van der Waals surface area (Å²) in [6.45, 7) is 0. The lowest BCUT2D eigenvalue weighted by molar-refractivity contribution is 0.216. The van der Waals surface area contributed by atoms with E-state index >= 15 is 0 Å². The molecule has 1 aliphatic rings. The summed E-state index contributed by atoms with van der Waals surface area (Å²) in [6, 6.07) is 2.05. The molecule has 0 bridgehead atoms. The van der Waals surface area contributed by atoms with Gasteiger partial charge in [0.2, 0.25) is 0 Å². The number of aliphatic hydroxyl groups is 1. The summed E-state index contributed by atoms with van der Waals surface area (Å²) in [5.41, 5.74) is 1.21. The van der Waals surface area contributed by atoms with E-state index in [4.69, 9.17) is 0 Å². The Balaban J connectivity index is 2.21. The molecule has 1 unspecified atom stereocenters. The van der Waals surface area contributed by atoms with Gasteiger partial charge in [-0.15, -0.1) is 11.3 Å². The van der Waals surface area contributed by atoms with Gasteiger partial charge in [-0.05, 0) is 58.9 Å². The molecule has 0 amide bonds. The van der Waals surface area contributed by atoms with Gasteiger partial charge in [-0.25, -0.2) is 0 Å². The molecule has 1 N–H and O–H groups in total. The van der Waals surface area contributed by atoms with Crippen LogP contribution in [0.3, 0.4) is 0 Å². The van der Waals surface area contributed by atoms with E-state index < -0.39 is 0 Å². The van der Waals surface area contributed by atoms with Crippen LogP contribution >= 0.6 is 33.9 Å². The Bertz CT molecular complexity index is 329. The summed E-state index contributed by atoms with van der Waals surface area (Å²) in [4.78, 5) is 1.11. The topological polar surface area (TPSA) is 20.2 Å². The molecular weight excluding hydrogens is 295 g/mol. The third kappa shape index (κ3) is 1.97. The maximum atomic E-state index is 10.0. The van der Waals surface area contributed by atoms with Crippen LogP contribution in [0.25, 0.3) is 0 Å². The summed E-state index contributed by atoms with van der Waals surface area (Å²) >= 11 is 3.93.